The second-order valence-corrected chi connectivity index (χ2v) is 6.44. The summed E-state index contributed by atoms with van der Waals surface area (Å²) in [5, 5.41) is 12.7. The predicted molar refractivity (Wildman–Crippen MR) is 103 cm³/mol. The molecule has 1 aliphatic heterocycles. The minimum Gasteiger partial charge on any atom is -0.379 e. The van der Waals surface area contributed by atoms with Crippen LogP contribution in [-0.2, 0) is 11.8 Å². The molecule has 0 saturated heterocycles. The highest BCUT2D eigenvalue weighted by atomic mass is 32.2. The molecule has 0 aliphatic carbocycles. The first-order valence-corrected chi connectivity index (χ1v) is 8.87. The molecule has 26 heavy (non-hydrogen) atoms. The standard InChI is InChI=1S/C18H18FN5OS/c1-24-18(22-17(23-24)16-4-2-3-11-26-16)21-15(9-10-25)12-20-14-7-5-13(19)6-8-14/h3-11,20H,2,12H2,1H3,(H,21,22,23)/b15-9-. The molecule has 8 heteroatoms. The Labute approximate surface area is 154 Å². The third-order valence-corrected chi connectivity index (χ3v) is 4.51. The lowest BCUT2D eigenvalue weighted by atomic mass is 10.3. The molecule has 2 heterocycles. The summed E-state index contributed by atoms with van der Waals surface area (Å²) in [6.07, 6.45) is 7.13. The van der Waals surface area contributed by atoms with Gasteiger partial charge in [-0.15, -0.1) is 5.10 Å². The van der Waals surface area contributed by atoms with Crippen molar-refractivity contribution in [2.75, 3.05) is 17.2 Å². The van der Waals surface area contributed by atoms with Gasteiger partial charge in [0.05, 0.1) is 11.4 Å². The predicted octanol–water partition coefficient (Wildman–Crippen LogP) is 3.55. The van der Waals surface area contributed by atoms with Crippen LogP contribution in [0, 0.1) is 5.82 Å². The van der Waals surface area contributed by atoms with E-state index in [2.05, 4.69) is 32.9 Å². The Morgan fingerprint density at radius 3 is 2.88 bits per heavy atom. The monoisotopic (exact) mass is 371 g/mol. The topological polar surface area (TPSA) is 71.8 Å². The van der Waals surface area contributed by atoms with Gasteiger partial charge in [0.15, 0.2) is 5.82 Å². The summed E-state index contributed by atoms with van der Waals surface area (Å²) in [4.78, 5) is 16.4. The number of halogens is 1. The Morgan fingerprint density at radius 2 is 2.19 bits per heavy atom. The number of nitrogens with zero attached hydrogens (tertiary/aromatic N) is 3. The van der Waals surface area contributed by atoms with Crippen molar-refractivity contribution in [1.82, 2.24) is 14.8 Å². The van der Waals surface area contributed by atoms with E-state index in [1.807, 2.05) is 5.41 Å². The number of aromatic nitrogens is 3. The van der Waals surface area contributed by atoms with Gasteiger partial charge < -0.3 is 10.6 Å². The average molecular weight is 371 g/mol. The first kappa shape index (κ1) is 17.9. The zero-order chi connectivity index (χ0) is 18.4. The van der Waals surface area contributed by atoms with E-state index in [-0.39, 0.29) is 5.82 Å². The number of carbonyl (C=O) groups excluding carboxylic acids is 1. The van der Waals surface area contributed by atoms with Crippen molar-refractivity contribution in [3.63, 3.8) is 0 Å². The van der Waals surface area contributed by atoms with Crippen LogP contribution in [0.15, 0.2) is 53.6 Å². The molecule has 134 valence electrons. The molecule has 0 bridgehead atoms. The lowest BCUT2D eigenvalue weighted by Crippen LogP contribution is -2.14. The summed E-state index contributed by atoms with van der Waals surface area (Å²) >= 11 is 1.58. The van der Waals surface area contributed by atoms with Gasteiger partial charge in [0.25, 0.3) is 0 Å². The van der Waals surface area contributed by atoms with E-state index >= 15 is 0 Å². The molecule has 0 fully saturated rings. The molecule has 2 aromatic rings. The van der Waals surface area contributed by atoms with Crippen LogP contribution in [0.4, 0.5) is 16.0 Å². The van der Waals surface area contributed by atoms with Gasteiger partial charge in [0, 0.05) is 18.4 Å². The molecular weight excluding hydrogens is 353 g/mol. The summed E-state index contributed by atoms with van der Waals surface area (Å²) in [6.45, 7) is 0.354. The quantitative estimate of drug-likeness (QED) is 0.573. The van der Waals surface area contributed by atoms with E-state index in [1.54, 1.807) is 35.6 Å². The highest BCUT2D eigenvalue weighted by molar-refractivity contribution is 8.10. The van der Waals surface area contributed by atoms with Gasteiger partial charge in [-0.25, -0.2) is 9.07 Å². The third kappa shape index (κ3) is 4.60. The average Bonchev–Trinajstić information content (AvgIpc) is 3.02. The van der Waals surface area contributed by atoms with Crippen LogP contribution < -0.4 is 10.6 Å². The van der Waals surface area contributed by atoms with Crippen LogP contribution in [0.3, 0.4) is 0 Å². The highest BCUT2D eigenvalue weighted by Crippen LogP contribution is 2.30. The summed E-state index contributed by atoms with van der Waals surface area (Å²) < 4.78 is 14.6. The van der Waals surface area contributed by atoms with Gasteiger partial charge in [-0.2, -0.15) is 4.98 Å². The Kier molecular flexibility index (Phi) is 5.85. The van der Waals surface area contributed by atoms with E-state index in [4.69, 9.17) is 0 Å². The van der Waals surface area contributed by atoms with Crippen LogP contribution in [0.1, 0.15) is 12.2 Å². The number of hydrogen-bond acceptors (Lipinski definition) is 6. The number of carbonyl (C=O) groups is 1. The van der Waals surface area contributed by atoms with Gasteiger partial charge in [0.2, 0.25) is 5.95 Å². The van der Waals surface area contributed by atoms with Crippen molar-refractivity contribution >= 4 is 34.6 Å². The lowest BCUT2D eigenvalue weighted by Gasteiger charge is -2.11. The smallest absolute Gasteiger partial charge is 0.225 e. The van der Waals surface area contributed by atoms with E-state index in [0.29, 0.717) is 30.3 Å². The van der Waals surface area contributed by atoms with Gasteiger partial charge >= 0.3 is 0 Å². The minimum atomic E-state index is -0.298. The Balaban J connectivity index is 1.69. The second kappa shape index (κ2) is 8.48. The number of nitrogens with one attached hydrogen (secondary N) is 2. The summed E-state index contributed by atoms with van der Waals surface area (Å²) in [5.41, 5.74) is 1.37. The lowest BCUT2D eigenvalue weighted by molar-refractivity contribution is -0.104. The van der Waals surface area contributed by atoms with Crippen LogP contribution in [0.2, 0.25) is 0 Å². The molecule has 2 N–H and O–H groups in total. The van der Waals surface area contributed by atoms with Crippen LogP contribution >= 0.6 is 11.8 Å². The number of aryl methyl sites for hydroxylation is 1. The fraction of sp³-hybridized carbons (Fsp3) is 0.167. The van der Waals surface area contributed by atoms with Crippen molar-refractivity contribution in [3.05, 3.63) is 65.2 Å². The molecule has 0 spiro atoms. The molecule has 3 rings (SSSR count). The number of thioether (sulfide) groups is 1. The molecule has 1 aliphatic rings. The van der Waals surface area contributed by atoms with Crippen molar-refractivity contribution in [1.29, 1.82) is 0 Å². The number of hydrogen-bond donors (Lipinski definition) is 2. The number of aldehydes is 1. The van der Waals surface area contributed by atoms with Crippen molar-refractivity contribution < 1.29 is 9.18 Å². The summed E-state index contributed by atoms with van der Waals surface area (Å²) in [5.74, 6) is 0.875. The van der Waals surface area contributed by atoms with Crippen LogP contribution in [0.5, 0.6) is 0 Å². The number of rotatable bonds is 7. The van der Waals surface area contributed by atoms with Gasteiger partial charge in [-0.05, 0) is 42.2 Å². The van der Waals surface area contributed by atoms with Crippen molar-refractivity contribution in [2.45, 2.75) is 6.42 Å². The second-order valence-electron chi connectivity index (χ2n) is 5.49. The molecule has 6 nitrogen and oxygen atoms in total. The molecule has 0 atom stereocenters. The molecule has 0 radical (unpaired) electrons. The van der Waals surface area contributed by atoms with Crippen molar-refractivity contribution in [3.8, 4) is 0 Å². The van der Waals surface area contributed by atoms with E-state index in [1.165, 1.54) is 18.2 Å². The Hall–Kier alpha value is -2.87. The van der Waals surface area contributed by atoms with Crippen molar-refractivity contribution in [2.24, 2.45) is 7.05 Å². The van der Waals surface area contributed by atoms with E-state index < -0.39 is 0 Å². The normalized spacial score (nSPS) is 14.1. The first-order valence-electron chi connectivity index (χ1n) is 8.00. The molecule has 0 saturated carbocycles. The van der Waals surface area contributed by atoms with Gasteiger partial charge in [0.1, 0.15) is 12.1 Å². The van der Waals surface area contributed by atoms with Gasteiger partial charge in [-0.1, -0.05) is 23.9 Å². The number of anilines is 2. The zero-order valence-electron chi connectivity index (χ0n) is 14.1. The SMILES string of the molecule is Cn1nc(C2=CCC=CS2)nc1N/C(=C\C=O)CNc1ccc(F)cc1. The zero-order valence-corrected chi connectivity index (χ0v) is 15.0. The summed E-state index contributed by atoms with van der Waals surface area (Å²) in [7, 11) is 1.79. The van der Waals surface area contributed by atoms with E-state index in [9.17, 15) is 9.18 Å². The fourth-order valence-electron chi connectivity index (χ4n) is 2.28. The highest BCUT2D eigenvalue weighted by Gasteiger charge is 2.13. The number of benzene rings is 1. The minimum absolute atomic E-state index is 0.298. The number of allylic oxidation sites excluding steroid dienone is 3. The molecule has 1 aromatic heterocycles. The Morgan fingerprint density at radius 1 is 1.38 bits per heavy atom. The maximum atomic E-state index is 13.0. The third-order valence-electron chi connectivity index (χ3n) is 3.58. The van der Waals surface area contributed by atoms with E-state index in [0.717, 1.165) is 17.0 Å². The maximum absolute atomic E-state index is 13.0. The molecule has 0 amide bonds. The van der Waals surface area contributed by atoms with Crippen LogP contribution in [-0.4, -0.2) is 27.6 Å². The Bertz CT molecular complexity index is 870. The molecule has 0 unspecified atom stereocenters. The summed E-state index contributed by atoms with van der Waals surface area (Å²) in [6, 6.07) is 6.01. The molecule has 1 aromatic carbocycles. The maximum Gasteiger partial charge on any atom is 0.225 e. The largest absolute Gasteiger partial charge is 0.379 e. The van der Waals surface area contributed by atoms with Gasteiger partial charge in [-0.3, -0.25) is 4.79 Å². The molecular formula is C18H18FN5OS. The van der Waals surface area contributed by atoms with Crippen LogP contribution in [0.25, 0.3) is 4.91 Å². The first-order chi connectivity index (χ1) is 12.7. The fourth-order valence-corrected chi connectivity index (χ4v) is 3.02.